The Hall–Kier alpha value is -2.02. The third-order valence-corrected chi connectivity index (χ3v) is 2.06. The van der Waals surface area contributed by atoms with Crippen LogP contribution in [-0.2, 0) is 6.42 Å². The van der Waals surface area contributed by atoms with Crippen molar-refractivity contribution in [1.82, 2.24) is 5.32 Å². The molecule has 0 fully saturated rings. The number of para-hydroxylation sites is 1. The van der Waals surface area contributed by atoms with Crippen LogP contribution in [0.3, 0.4) is 0 Å². The maximum absolute atomic E-state index is 11.3. The predicted molar refractivity (Wildman–Crippen MR) is 60.1 cm³/mol. The van der Waals surface area contributed by atoms with Crippen LogP contribution in [-0.4, -0.2) is 12.6 Å². The van der Waals surface area contributed by atoms with Gasteiger partial charge in [-0.05, 0) is 18.1 Å². The second-order valence-electron chi connectivity index (χ2n) is 3.19. The van der Waals surface area contributed by atoms with Crippen LogP contribution in [0.15, 0.2) is 24.3 Å². The number of nitriles is 1. The van der Waals surface area contributed by atoms with E-state index < -0.39 is 6.09 Å². The Balaban J connectivity index is 2.53. The van der Waals surface area contributed by atoms with Gasteiger partial charge < -0.3 is 10.1 Å². The van der Waals surface area contributed by atoms with Gasteiger partial charge in [0.05, 0.1) is 12.5 Å². The van der Waals surface area contributed by atoms with Gasteiger partial charge >= 0.3 is 6.09 Å². The molecule has 1 aromatic rings. The monoisotopic (exact) mass is 218 g/mol. The minimum atomic E-state index is -0.517. The second-order valence-corrected chi connectivity index (χ2v) is 3.19. The molecule has 0 spiro atoms. The van der Waals surface area contributed by atoms with Gasteiger partial charge in [-0.15, -0.1) is 0 Å². The minimum Gasteiger partial charge on any atom is -0.410 e. The number of carbonyl (C=O) groups excluding carboxylic acids is 1. The normalized spacial score (nSPS) is 9.25. The first kappa shape index (κ1) is 12.1. The molecule has 0 saturated heterocycles. The molecule has 0 radical (unpaired) electrons. The van der Waals surface area contributed by atoms with Gasteiger partial charge in [0.2, 0.25) is 0 Å². The van der Waals surface area contributed by atoms with Gasteiger partial charge in [0, 0.05) is 6.54 Å². The largest absolute Gasteiger partial charge is 0.412 e. The fraction of sp³-hybridized carbons (Fsp3) is 0.333. The summed E-state index contributed by atoms with van der Waals surface area (Å²) >= 11 is 0. The van der Waals surface area contributed by atoms with E-state index in [1.54, 1.807) is 6.07 Å². The fourth-order valence-corrected chi connectivity index (χ4v) is 1.25. The maximum atomic E-state index is 11.3. The summed E-state index contributed by atoms with van der Waals surface area (Å²) in [5, 5.41) is 10.8. The molecule has 1 N–H and O–H groups in total. The van der Waals surface area contributed by atoms with Gasteiger partial charge in [-0.25, -0.2) is 4.79 Å². The molecule has 0 saturated carbocycles. The molecule has 1 amide bonds. The van der Waals surface area contributed by atoms with Gasteiger partial charge in [0.15, 0.2) is 0 Å². The Morgan fingerprint density at radius 1 is 1.50 bits per heavy atom. The summed E-state index contributed by atoms with van der Waals surface area (Å²) < 4.78 is 5.12. The van der Waals surface area contributed by atoms with Gasteiger partial charge in [0.25, 0.3) is 0 Å². The number of benzene rings is 1. The highest BCUT2D eigenvalue weighted by atomic mass is 16.6. The Bertz CT molecular complexity index is 396. The molecule has 4 nitrogen and oxygen atoms in total. The molecular formula is C12H14N2O2. The summed E-state index contributed by atoms with van der Waals surface area (Å²) in [5.74, 6) is 0.569. The number of hydrogen-bond acceptors (Lipinski definition) is 3. The molecule has 0 bridgehead atoms. The smallest absolute Gasteiger partial charge is 0.410 e. The molecule has 4 heteroatoms. The molecule has 0 aromatic heterocycles. The molecule has 0 atom stereocenters. The SMILES string of the molecule is CCc1ccccc1OC(=O)NCCC#N. The van der Waals surface area contributed by atoms with E-state index >= 15 is 0 Å². The summed E-state index contributed by atoms with van der Waals surface area (Å²) in [4.78, 5) is 11.3. The molecule has 0 aliphatic carbocycles. The zero-order valence-electron chi connectivity index (χ0n) is 9.19. The summed E-state index contributed by atoms with van der Waals surface area (Å²) in [5.41, 5.74) is 0.984. The van der Waals surface area contributed by atoms with E-state index in [9.17, 15) is 4.79 Å². The Kier molecular flexibility index (Phi) is 4.87. The van der Waals surface area contributed by atoms with Crippen molar-refractivity contribution in [1.29, 1.82) is 5.26 Å². The number of nitrogens with zero attached hydrogens (tertiary/aromatic N) is 1. The third kappa shape index (κ3) is 3.62. The summed E-state index contributed by atoms with van der Waals surface area (Å²) in [6.07, 6.45) is 0.572. The van der Waals surface area contributed by atoms with E-state index in [0.29, 0.717) is 12.3 Å². The summed E-state index contributed by atoms with van der Waals surface area (Å²) in [6, 6.07) is 9.33. The zero-order valence-corrected chi connectivity index (χ0v) is 9.19. The highest BCUT2D eigenvalue weighted by Gasteiger charge is 2.06. The van der Waals surface area contributed by atoms with E-state index in [4.69, 9.17) is 10.00 Å². The lowest BCUT2D eigenvalue weighted by Gasteiger charge is -2.08. The average Bonchev–Trinajstić information content (AvgIpc) is 2.30. The topological polar surface area (TPSA) is 62.1 Å². The third-order valence-electron chi connectivity index (χ3n) is 2.06. The standard InChI is InChI=1S/C12H14N2O2/c1-2-10-6-3-4-7-11(10)16-12(15)14-9-5-8-13/h3-4,6-7H,2,5,9H2,1H3,(H,14,15). The number of hydrogen-bond donors (Lipinski definition) is 1. The number of rotatable bonds is 4. The average molecular weight is 218 g/mol. The van der Waals surface area contributed by atoms with Crippen molar-refractivity contribution in [2.75, 3.05) is 6.54 Å². The zero-order chi connectivity index (χ0) is 11.8. The molecule has 0 heterocycles. The van der Waals surface area contributed by atoms with Gasteiger partial charge in [-0.1, -0.05) is 25.1 Å². The van der Waals surface area contributed by atoms with Gasteiger partial charge in [-0.2, -0.15) is 5.26 Å². The maximum Gasteiger partial charge on any atom is 0.412 e. The van der Waals surface area contributed by atoms with Crippen LogP contribution in [0.25, 0.3) is 0 Å². The first-order valence-electron chi connectivity index (χ1n) is 5.18. The van der Waals surface area contributed by atoms with Crippen molar-refractivity contribution in [3.05, 3.63) is 29.8 Å². The number of aryl methyl sites for hydroxylation is 1. The van der Waals surface area contributed by atoms with E-state index in [1.165, 1.54) is 0 Å². The number of ether oxygens (including phenoxy) is 1. The van der Waals surface area contributed by atoms with Crippen molar-refractivity contribution in [3.8, 4) is 11.8 Å². The van der Waals surface area contributed by atoms with Crippen LogP contribution in [0.1, 0.15) is 18.9 Å². The highest BCUT2D eigenvalue weighted by Crippen LogP contribution is 2.18. The van der Waals surface area contributed by atoms with Crippen LogP contribution in [0, 0.1) is 11.3 Å². The molecule has 1 rings (SSSR count). The molecule has 16 heavy (non-hydrogen) atoms. The van der Waals surface area contributed by atoms with Crippen LogP contribution in [0.2, 0.25) is 0 Å². The second kappa shape index (κ2) is 6.46. The van der Waals surface area contributed by atoms with Crippen molar-refractivity contribution >= 4 is 6.09 Å². The molecular weight excluding hydrogens is 204 g/mol. The van der Waals surface area contributed by atoms with Crippen LogP contribution < -0.4 is 10.1 Å². The Labute approximate surface area is 94.8 Å². The Morgan fingerprint density at radius 3 is 2.94 bits per heavy atom. The number of amides is 1. The van der Waals surface area contributed by atoms with Gasteiger partial charge in [0.1, 0.15) is 5.75 Å². The van der Waals surface area contributed by atoms with Crippen molar-refractivity contribution < 1.29 is 9.53 Å². The highest BCUT2D eigenvalue weighted by molar-refractivity contribution is 5.70. The fourth-order valence-electron chi connectivity index (χ4n) is 1.25. The van der Waals surface area contributed by atoms with Crippen LogP contribution in [0.4, 0.5) is 4.79 Å². The first-order chi connectivity index (χ1) is 7.77. The molecule has 0 unspecified atom stereocenters. The van der Waals surface area contributed by atoms with Crippen LogP contribution >= 0.6 is 0 Å². The number of carbonyl (C=O) groups is 1. The molecule has 0 aliphatic rings. The Morgan fingerprint density at radius 2 is 2.25 bits per heavy atom. The van der Waals surface area contributed by atoms with E-state index in [1.807, 2.05) is 31.2 Å². The van der Waals surface area contributed by atoms with Crippen LogP contribution in [0.5, 0.6) is 5.75 Å². The summed E-state index contributed by atoms with van der Waals surface area (Å²) in [6.45, 7) is 2.30. The van der Waals surface area contributed by atoms with E-state index in [-0.39, 0.29) is 6.42 Å². The molecule has 0 aliphatic heterocycles. The summed E-state index contributed by atoms with van der Waals surface area (Å²) in [7, 11) is 0. The molecule has 1 aromatic carbocycles. The first-order valence-corrected chi connectivity index (χ1v) is 5.18. The van der Waals surface area contributed by atoms with E-state index in [0.717, 1.165) is 12.0 Å². The van der Waals surface area contributed by atoms with Crippen molar-refractivity contribution in [3.63, 3.8) is 0 Å². The van der Waals surface area contributed by atoms with Crippen molar-refractivity contribution in [2.24, 2.45) is 0 Å². The van der Waals surface area contributed by atoms with Crippen molar-refractivity contribution in [2.45, 2.75) is 19.8 Å². The lowest BCUT2D eigenvalue weighted by molar-refractivity contribution is 0.200. The lowest BCUT2D eigenvalue weighted by atomic mass is 10.1. The predicted octanol–water partition coefficient (Wildman–Crippen LogP) is 2.25. The lowest BCUT2D eigenvalue weighted by Crippen LogP contribution is -2.27. The molecule has 84 valence electrons. The van der Waals surface area contributed by atoms with E-state index in [2.05, 4.69) is 5.32 Å². The quantitative estimate of drug-likeness (QED) is 0.788. The number of nitrogens with one attached hydrogen (secondary N) is 1. The van der Waals surface area contributed by atoms with Gasteiger partial charge in [-0.3, -0.25) is 0 Å². The minimum absolute atomic E-state index is 0.282.